The topological polar surface area (TPSA) is 35.2 Å². The van der Waals surface area contributed by atoms with Gasteiger partial charge in [0.25, 0.3) is 0 Å². The molecule has 0 fully saturated rings. The molecule has 0 aliphatic heterocycles. The molecular formula is C18H15Cl2NOS. The second-order valence-corrected chi connectivity index (χ2v) is 6.99. The lowest BCUT2D eigenvalue weighted by Gasteiger charge is -2.08. The van der Waals surface area contributed by atoms with Crippen molar-refractivity contribution in [3.05, 3.63) is 63.5 Å². The van der Waals surface area contributed by atoms with Gasteiger partial charge in [-0.25, -0.2) is 0 Å². The van der Waals surface area contributed by atoms with Crippen LogP contribution in [0.1, 0.15) is 4.88 Å². The molecule has 3 aromatic rings. The number of nitrogens with two attached hydrogens (primary N) is 1. The van der Waals surface area contributed by atoms with E-state index >= 15 is 0 Å². The first-order valence-corrected chi connectivity index (χ1v) is 8.62. The van der Waals surface area contributed by atoms with Crippen LogP contribution in [-0.2, 0) is 6.54 Å². The minimum atomic E-state index is 0.499. The van der Waals surface area contributed by atoms with E-state index < -0.39 is 0 Å². The molecule has 0 saturated heterocycles. The number of hydrogen-bond acceptors (Lipinski definition) is 3. The lowest BCUT2D eigenvalue weighted by molar-refractivity contribution is 0.415. The summed E-state index contributed by atoms with van der Waals surface area (Å²) in [4.78, 5) is 2.20. The fourth-order valence-corrected chi connectivity index (χ4v) is 4.06. The van der Waals surface area contributed by atoms with E-state index in [4.69, 9.17) is 33.7 Å². The van der Waals surface area contributed by atoms with Crippen LogP contribution >= 0.6 is 34.5 Å². The second kappa shape index (κ2) is 6.93. The van der Waals surface area contributed by atoms with Crippen LogP contribution in [0, 0.1) is 0 Å². The van der Waals surface area contributed by atoms with E-state index in [0.717, 1.165) is 32.2 Å². The van der Waals surface area contributed by atoms with Gasteiger partial charge in [0.05, 0.1) is 12.1 Å². The Bertz CT molecular complexity index is 828. The number of halogens is 2. The Kier molecular flexibility index (Phi) is 4.93. The van der Waals surface area contributed by atoms with Crippen LogP contribution in [0.3, 0.4) is 0 Å². The lowest BCUT2D eigenvalue weighted by Crippen LogP contribution is -1.91. The number of ether oxygens (including phenoxy) is 1. The van der Waals surface area contributed by atoms with E-state index in [1.54, 1.807) is 24.5 Å². The number of rotatable bonds is 4. The quantitative estimate of drug-likeness (QED) is 0.630. The Hall–Kier alpha value is -1.52. The number of thiophene rings is 1. The van der Waals surface area contributed by atoms with E-state index in [0.29, 0.717) is 16.6 Å². The molecular weight excluding hydrogens is 349 g/mol. The van der Waals surface area contributed by atoms with Crippen molar-refractivity contribution in [1.82, 2.24) is 0 Å². The maximum absolute atomic E-state index is 6.39. The molecule has 0 aliphatic carbocycles. The molecule has 0 atom stereocenters. The number of methoxy groups -OCH3 is 1. The molecule has 1 aromatic heterocycles. The maximum atomic E-state index is 6.39. The molecule has 0 radical (unpaired) electrons. The average Bonchev–Trinajstić information content (AvgIpc) is 2.99. The third-order valence-corrected chi connectivity index (χ3v) is 5.30. The van der Waals surface area contributed by atoms with Gasteiger partial charge < -0.3 is 10.5 Å². The first-order chi connectivity index (χ1) is 11.1. The molecule has 0 amide bonds. The zero-order valence-electron chi connectivity index (χ0n) is 12.5. The summed E-state index contributed by atoms with van der Waals surface area (Å²) in [5.41, 5.74) is 9.01. The van der Waals surface area contributed by atoms with E-state index in [9.17, 15) is 0 Å². The molecule has 0 unspecified atom stereocenters. The standard InChI is InChI=1S/C18H15Cl2NOS/c1-22-13-5-2-11(3-6-13)16-9-14(10-21)23-18(16)15-7-4-12(19)8-17(15)20/h2-9H,10,21H2,1H3. The van der Waals surface area contributed by atoms with Gasteiger partial charge in [-0.2, -0.15) is 0 Å². The first-order valence-electron chi connectivity index (χ1n) is 7.05. The molecule has 0 aliphatic rings. The van der Waals surface area contributed by atoms with Gasteiger partial charge in [0.15, 0.2) is 0 Å². The lowest BCUT2D eigenvalue weighted by atomic mass is 10.0. The van der Waals surface area contributed by atoms with Gasteiger partial charge in [0.2, 0.25) is 0 Å². The van der Waals surface area contributed by atoms with Crippen LogP contribution in [0.4, 0.5) is 0 Å². The highest BCUT2D eigenvalue weighted by Crippen LogP contribution is 2.42. The van der Waals surface area contributed by atoms with Crippen molar-refractivity contribution in [2.24, 2.45) is 5.73 Å². The summed E-state index contributed by atoms with van der Waals surface area (Å²) in [6.45, 7) is 0.499. The van der Waals surface area contributed by atoms with Gasteiger partial charge in [-0.1, -0.05) is 41.4 Å². The summed E-state index contributed by atoms with van der Waals surface area (Å²) in [7, 11) is 1.66. The number of hydrogen-bond donors (Lipinski definition) is 1. The van der Waals surface area contributed by atoms with Gasteiger partial charge in [-0.15, -0.1) is 11.3 Å². The molecule has 2 aromatic carbocycles. The largest absolute Gasteiger partial charge is 0.497 e. The zero-order valence-corrected chi connectivity index (χ0v) is 14.8. The van der Waals surface area contributed by atoms with Crippen molar-refractivity contribution in [1.29, 1.82) is 0 Å². The Morgan fingerprint density at radius 2 is 1.74 bits per heavy atom. The molecule has 23 heavy (non-hydrogen) atoms. The van der Waals surface area contributed by atoms with Gasteiger partial charge in [0, 0.05) is 32.4 Å². The normalized spacial score (nSPS) is 10.8. The van der Waals surface area contributed by atoms with Crippen LogP contribution < -0.4 is 10.5 Å². The summed E-state index contributed by atoms with van der Waals surface area (Å²) in [5.74, 6) is 0.828. The van der Waals surface area contributed by atoms with Crippen LogP contribution in [0.15, 0.2) is 48.5 Å². The summed E-state index contributed by atoms with van der Waals surface area (Å²) in [6.07, 6.45) is 0. The molecule has 2 nitrogen and oxygen atoms in total. The van der Waals surface area contributed by atoms with Gasteiger partial charge >= 0.3 is 0 Å². The molecule has 1 heterocycles. The van der Waals surface area contributed by atoms with E-state index in [-0.39, 0.29) is 0 Å². The van der Waals surface area contributed by atoms with Crippen LogP contribution in [0.25, 0.3) is 21.6 Å². The minimum Gasteiger partial charge on any atom is -0.497 e. The summed E-state index contributed by atoms with van der Waals surface area (Å²) >= 11 is 14.1. The SMILES string of the molecule is COc1ccc(-c2cc(CN)sc2-c2ccc(Cl)cc2Cl)cc1. The molecule has 0 bridgehead atoms. The Labute approximate surface area is 149 Å². The van der Waals surface area contributed by atoms with Gasteiger partial charge in [-0.05, 0) is 35.9 Å². The molecule has 2 N–H and O–H groups in total. The van der Waals surface area contributed by atoms with Crippen LogP contribution in [0.5, 0.6) is 5.75 Å². The van der Waals surface area contributed by atoms with E-state index in [1.165, 1.54) is 0 Å². The maximum Gasteiger partial charge on any atom is 0.118 e. The van der Waals surface area contributed by atoms with Gasteiger partial charge in [0.1, 0.15) is 5.75 Å². The first kappa shape index (κ1) is 16.3. The number of benzene rings is 2. The third kappa shape index (κ3) is 3.38. The summed E-state index contributed by atoms with van der Waals surface area (Å²) in [5, 5.41) is 1.26. The monoisotopic (exact) mass is 363 g/mol. The van der Waals surface area contributed by atoms with Crippen molar-refractivity contribution in [3.63, 3.8) is 0 Å². The van der Waals surface area contributed by atoms with E-state index in [1.807, 2.05) is 36.4 Å². The van der Waals surface area contributed by atoms with Crippen molar-refractivity contribution >= 4 is 34.5 Å². The van der Waals surface area contributed by atoms with Crippen LogP contribution in [-0.4, -0.2) is 7.11 Å². The highest BCUT2D eigenvalue weighted by molar-refractivity contribution is 7.16. The molecule has 5 heteroatoms. The van der Waals surface area contributed by atoms with Crippen molar-refractivity contribution in [3.8, 4) is 27.3 Å². The highest BCUT2D eigenvalue weighted by atomic mass is 35.5. The predicted octanol–water partition coefficient (Wildman–Crippen LogP) is 5.86. The predicted molar refractivity (Wildman–Crippen MR) is 99.7 cm³/mol. The molecule has 0 spiro atoms. The summed E-state index contributed by atoms with van der Waals surface area (Å²) in [6, 6.07) is 15.6. The van der Waals surface area contributed by atoms with E-state index in [2.05, 4.69) is 6.07 Å². The average molecular weight is 364 g/mol. The molecule has 0 saturated carbocycles. The Morgan fingerprint density at radius 3 is 2.35 bits per heavy atom. The van der Waals surface area contributed by atoms with Crippen molar-refractivity contribution in [2.75, 3.05) is 7.11 Å². The second-order valence-electron chi connectivity index (χ2n) is 5.01. The third-order valence-electron chi connectivity index (χ3n) is 3.56. The highest BCUT2D eigenvalue weighted by Gasteiger charge is 2.15. The Morgan fingerprint density at radius 1 is 1.00 bits per heavy atom. The minimum absolute atomic E-state index is 0.499. The smallest absolute Gasteiger partial charge is 0.118 e. The Balaban J connectivity index is 2.14. The van der Waals surface area contributed by atoms with Gasteiger partial charge in [-0.3, -0.25) is 0 Å². The molecule has 118 valence electrons. The van der Waals surface area contributed by atoms with Crippen LogP contribution in [0.2, 0.25) is 10.0 Å². The fourth-order valence-electron chi connectivity index (χ4n) is 2.40. The molecule has 3 rings (SSSR count). The fraction of sp³-hybridized carbons (Fsp3) is 0.111. The van der Waals surface area contributed by atoms with Crippen molar-refractivity contribution in [2.45, 2.75) is 6.54 Å². The summed E-state index contributed by atoms with van der Waals surface area (Å²) < 4.78 is 5.23. The van der Waals surface area contributed by atoms with Crippen molar-refractivity contribution < 1.29 is 4.74 Å². The zero-order chi connectivity index (χ0) is 16.4.